The van der Waals surface area contributed by atoms with Gasteiger partial charge < -0.3 is 10.2 Å². The van der Waals surface area contributed by atoms with Crippen molar-refractivity contribution < 1.29 is 10.2 Å². The van der Waals surface area contributed by atoms with Crippen LogP contribution in [0.4, 0.5) is 0 Å². The van der Waals surface area contributed by atoms with Crippen molar-refractivity contribution in [1.29, 1.82) is 0 Å². The van der Waals surface area contributed by atoms with E-state index in [1.807, 2.05) is 12.1 Å². The van der Waals surface area contributed by atoms with Crippen molar-refractivity contribution in [2.75, 3.05) is 39.3 Å². The van der Waals surface area contributed by atoms with E-state index in [1.54, 1.807) is 12.4 Å². The maximum atomic E-state index is 10.8. The van der Waals surface area contributed by atoms with Gasteiger partial charge in [-0.3, -0.25) is 19.8 Å². The Hall–Kier alpha value is -2.70. The second-order valence-corrected chi connectivity index (χ2v) is 10.5. The van der Waals surface area contributed by atoms with E-state index in [4.69, 9.17) is 0 Å². The number of phenols is 2. The minimum absolute atomic E-state index is 0.337. The predicted molar refractivity (Wildman–Crippen MR) is 149 cm³/mol. The minimum atomic E-state index is 0.337. The van der Waals surface area contributed by atoms with Crippen LogP contribution in [0.5, 0.6) is 11.5 Å². The largest absolute Gasteiger partial charge is 0.507 e. The highest BCUT2D eigenvalue weighted by Gasteiger charge is 2.16. The van der Waals surface area contributed by atoms with Crippen LogP contribution in [-0.2, 0) is 13.1 Å². The summed E-state index contributed by atoms with van der Waals surface area (Å²) in [5, 5.41) is 21.6. The van der Waals surface area contributed by atoms with Crippen molar-refractivity contribution in [2.45, 2.75) is 65.5 Å². The summed E-state index contributed by atoms with van der Waals surface area (Å²) in [6.45, 7) is 11.2. The Bertz CT molecular complexity index is 982. The summed E-state index contributed by atoms with van der Waals surface area (Å²) in [5.41, 5.74) is 5.76. The zero-order valence-electron chi connectivity index (χ0n) is 22.0. The molecule has 0 aromatic heterocycles. The molecule has 0 unspecified atom stereocenters. The van der Waals surface area contributed by atoms with E-state index in [9.17, 15) is 10.2 Å². The molecular formula is C30H42N4O2. The molecule has 0 aliphatic carbocycles. The Kier molecular flexibility index (Phi) is 9.54. The first-order valence-electron chi connectivity index (χ1n) is 13.6. The van der Waals surface area contributed by atoms with Gasteiger partial charge in [0, 0.05) is 47.8 Å². The number of aliphatic imine (C=N–C) groups is 2. The van der Waals surface area contributed by atoms with E-state index in [0.717, 1.165) is 72.6 Å². The number of nitrogens with zero attached hydrogens (tertiary/aromatic N) is 4. The second-order valence-electron chi connectivity index (χ2n) is 10.5. The van der Waals surface area contributed by atoms with E-state index < -0.39 is 0 Å². The zero-order chi connectivity index (χ0) is 25.3. The fourth-order valence-corrected chi connectivity index (χ4v) is 5.36. The number of rotatable bonds is 9. The molecule has 2 aromatic carbocycles. The van der Waals surface area contributed by atoms with Gasteiger partial charge in [-0.2, -0.15) is 0 Å². The number of benzene rings is 2. The first-order valence-corrected chi connectivity index (χ1v) is 13.6. The monoisotopic (exact) mass is 490 g/mol. The third kappa shape index (κ3) is 7.40. The molecule has 2 saturated heterocycles. The van der Waals surface area contributed by atoms with Gasteiger partial charge >= 0.3 is 0 Å². The minimum Gasteiger partial charge on any atom is -0.507 e. The lowest BCUT2D eigenvalue weighted by Gasteiger charge is -2.27. The normalized spacial score (nSPS) is 17.9. The highest BCUT2D eigenvalue weighted by molar-refractivity contribution is 5.85. The fraction of sp³-hybridized carbons (Fsp3) is 0.533. The fourth-order valence-electron chi connectivity index (χ4n) is 5.36. The van der Waals surface area contributed by atoms with Crippen molar-refractivity contribution >= 4 is 12.4 Å². The smallest absolute Gasteiger partial charge is 0.128 e. The van der Waals surface area contributed by atoms with Crippen LogP contribution in [0.1, 0.15) is 71.9 Å². The second kappa shape index (κ2) is 13.0. The molecule has 2 aliphatic heterocycles. The van der Waals surface area contributed by atoms with Crippen molar-refractivity contribution in [3.63, 3.8) is 0 Å². The first-order chi connectivity index (χ1) is 17.5. The molecule has 2 N–H and O–H groups in total. The van der Waals surface area contributed by atoms with Crippen LogP contribution in [-0.4, -0.2) is 71.7 Å². The molecule has 0 saturated carbocycles. The molecule has 4 rings (SSSR count). The average molecular weight is 491 g/mol. The highest BCUT2D eigenvalue weighted by Crippen LogP contribution is 2.27. The maximum absolute atomic E-state index is 10.8. The number of hydrogen-bond donors (Lipinski definition) is 2. The number of piperidine rings is 2. The third-order valence-electron chi connectivity index (χ3n) is 7.23. The number of aryl methyl sites for hydroxylation is 2. The standard InChI is InChI=1S/C30H42N4O2/c1-23-15-25(29(35)27(17-23)21-33-11-5-3-6-12-33)19-31-9-10-32-20-26-16-24(2)18-28(30(26)36)22-34-13-7-4-8-14-34/h15-20,35-36H,3-14,21-22H2,1-2H3. The number of aromatic hydroxyl groups is 2. The van der Waals surface area contributed by atoms with Gasteiger partial charge in [-0.15, -0.1) is 0 Å². The lowest BCUT2D eigenvalue weighted by Crippen LogP contribution is -2.29. The van der Waals surface area contributed by atoms with Crippen molar-refractivity contribution in [3.05, 3.63) is 57.6 Å². The molecule has 0 bridgehead atoms. The van der Waals surface area contributed by atoms with Crippen LogP contribution < -0.4 is 0 Å². The van der Waals surface area contributed by atoms with E-state index >= 15 is 0 Å². The van der Waals surface area contributed by atoms with Crippen molar-refractivity contribution in [1.82, 2.24) is 9.80 Å². The summed E-state index contributed by atoms with van der Waals surface area (Å²) in [7, 11) is 0. The predicted octanol–water partition coefficient (Wildman–Crippen LogP) is 5.22. The van der Waals surface area contributed by atoms with Gasteiger partial charge in [-0.25, -0.2) is 0 Å². The molecule has 0 radical (unpaired) electrons. The van der Waals surface area contributed by atoms with Crippen molar-refractivity contribution in [3.8, 4) is 11.5 Å². The van der Waals surface area contributed by atoms with Gasteiger partial charge in [0.15, 0.2) is 0 Å². The summed E-state index contributed by atoms with van der Waals surface area (Å²) in [4.78, 5) is 13.9. The van der Waals surface area contributed by atoms with Gasteiger partial charge in [0.2, 0.25) is 0 Å². The SMILES string of the molecule is Cc1cc(C=NCCN=Cc2cc(C)cc(CN3CCCCC3)c2O)c(O)c(CN2CCCCC2)c1. The van der Waals surface area contributed by atoms with E-state index in [2.05, 4.69) is 45.8 Å². The van der Waals surface area contributed by atoms with Crippen LogP contribution in [0.25, 0.3) is 0 Å². The number of likely N-dealkylation sites (tertiary alicyclic amines) is 2. The van der Waals surface area contributed by atoms with Crippen molar-refractivity contribution in [2.24, 2.45) is 9.98 Å². The Balaban J connectivity index is 1.33. The topological polar surface area (TPSA) is 71.7 Å². The Morgan fingerprint density at radius 2 is 1.03 bits per heavy atom. The lowest BCUT2D eigenvalue weighted by atomic mass is 10.0. The van der Waals surface area contributed by atoms with E-state index in [-0.39, 0.29) is 0 Å². The van der Waals surface area contributed by atoms with E-state index in [1.165, 1.54) is 38.5 Å². The number of phenolic OH excluding ortho intramolecular Hbond substituents is 2. The van der Waals surface area contributed by atoms with Gasteiger partial charge in [0.25, 0.3) is 0 Å². The Labute approximate surface area is 216 Å². The zero-order valence-corrected chi connectivity index (χ0v) is 22.0. The maximum Gasteiger partial charge on any atom is 0.128 e. The summed E-state index contributed by atoms with van der Waals surface area (Å²) in [5.74, 6) is 0.675. The molecule has 194 valence electrons. The molecule has 2 aliphatic rings. The van der Waals surface area contributed by atoms with Crippen LogP contribution >= 0.6 is 0 Å². The molecule has 0 atom stereocenters. The Morgan fingerprint density at radius 3 is 1.42 bits per heavy atom. The Morgan fingerprint density at radius 1 is 0.639 bits per heavy atom. The summed E-state index contributed by atoms with van der Waals surface area (Å²) in [6.07, 6.45) is 11.1. The average Bonchev–Trinajstić information content (AvgIpc) is 2.87. The molecule has 0 spiro atoms. The molecule has 36 heavy (non-hydrogen) atoms. The van der Waals surface area contributed by atoms with Crippen LogP contribution in [0, 0.1) is 13.8 Å². The molecule has 6 heteroatoms. The van der Waals surface area contributed by atoms with Gasteiger partial charge in [0.05, 0.1) is 13.1 Å². The van der Waals surface area contributed by atoms with Crippen LogP contribution in [0.15, 0.2) is 34.3 Å². The van der Waals surface area contributed by atoms with Crippen LogP contribution in [0.2, 0.25) is 0 Å². The lowest BCUT2D eigenvalue weighted by molar-refractivity contribution is 0.218. The molecule has 0 amide bonds. The summed E-state index contributed by atoms with van der Waals surface area (Å²) >= 11 is 0. The molecule has 2 aromatic rings. The summed E-state index contributed by atoms with van der Waals surface area (Å²) < 4.78 is 0. The molecule has 2 heterocycles. The van der Waals surface area contributed by atoms with Gasteiger partial charge in [0.1, 0.15) is 11.5 Å². The van der Waals surface area contributed by atoms with E-state index in [0.29, 0.717) is 24.6 Å². The highest BCUT2D eigenvalue weighted by atomic mass is 16.3. The van der Waals surface area contributed by atoms with Gasteiger partial charge in [-0.1, -0.05) is 25.0 Å². The summed E-state index contributed by atoms with van der Waals surface area (Å²) in [6, 6.07) is 8.13. The number of hydrogen-bond acceptors (Lipinski definition) is 6. The molecule has 6 nitrogen and oxygen atoms in total. The molecular weight excluding hydrogens is 448 g/mol. The molecule has 2 fully saturated rings. The van der Waals surface area contributed by atoms with Gasteiger partial charge in [-0.05, 0) is 89.0 Å². The first kappa shape index (κ1) is 26.4. The van der Waals surface area contributed by atoms with Crippen LogP contribution in [0.3, 0.4) is 0 Å². The quantitative estimate of drug-likeness (QED) is 0.373. The third-order valence-corrected chi connectivity index (χ3v) is 7.23.